The van der Waals surface area contributed by atoms with Crippen molar-refractivity contribution in [1.82, 2.24) is 0 Å². The first-order valence-electron chi connectivity index (χ1n) is 2.53. The van der Waals surface area contributed by atoms with Gasteiger partial charge in [0, 0.05) is 11.8 Å². The molecule has 0 aliphatic rings. The largest absolute Gasteiger partial charge is 0.125 e. The molecule has 62 valence electrons. The molecule has 0 saturated carbocycles. The lowest BCUT2D eigenvalue weighted by atomic mass is 11.0. The molecule has 0 N–H and O–H groups in total. The smallest absolute Gasteiger partial charge is 0.0359 e. The molecular weight excluding hydrogens is 167 g/mol. The molecule has 0 fully saturated rings. The van der Waals surface area contributed by atoms with Gasteiger partial charge >= 0.3 is 0 Å². The maximum atomic E-state index is 5.05. The quantitative estimate of drug-likeness (QED) is 0.427. The van der Waals surface area contributed by atoms with Crippen LogP contribution in [0.25, 0.3) is 0 Å². The van der Waals surface area contributed by atoms with Crippen LogP contribution in [0.5, 0.6) is 0 Å². The van der Waals surface area contributed by atoms with Crippen molar-refractivity contribution >= 4 is 23.2 Å². The molecule has 0 rings (SSSR count). The first kappa shape index (κ1) is 22.6. The van der Waals surface area contributed by atoms with Crippen LogP contribution in [0, 0.1) is 0 Å². The Morgan fingerprint density at radius 3 is 0.700 bits per heavy atom. The molecule has 0 aliphatic heterocycles. The van der Waals surface area contributed by atoms with Gasteiger partial charge in [0.15, 0.2) is 0 Å². The fourth-order valence-electron chi connectivity index (χ4n) is 0. The Hall–Kier alpha value is -0.200. The van der Waals surface area contributed by atoms with Crippen LogP contribution in [0.2, 0.25) is 0 Å². The molecule has 0 nitrogen and oxygen atoms in total. The second-order valence-corrected chi connectivity index (χ2v) is 1.13. The van der Waals surface area contributed by atoms with Crippen LogP contribution in [0.4, 0.5) is 0 Å². The van der Waals surface area contributed by atoms with Gasteiger partial charge in [-0.15, -0.1) is 62.7 Å². The lowest BCUT2D eigenvalue weighted by Gasteiger charge is -1.63. The third-order valence-electron chi connectivity index (χ3n) is 0.0714. The van der Waals surface area contributed by atoms with Gasteiger partial charge < -0.3 is 0 Å². The molecule has 10 heavy (non-hydrogen) atoms. The number of hydrogen-bond donors (Lipinski definition) is 0. The average Bonchev–Trinajstić information content (AvgIpc) is 2.14. The maximum absolute atomic E-state index is 5.05. The van der Waals surface area contributed by atoms with Crippen molar-refractivity contribution in [2.75, 3.05) is 11.8 Å². The van der Waals surface area contributed by atoms with Crippen LogP contribution >= 0.6 is 23.2 Å². The summed E-state index contributed by atoms with van der Waals surface area (Å²) in [7, 11) is 0. The normalized spacial score (nSPS) is 4.20. The Morgan fingerprint density at radius 2 is 0.700 bits per heavy atom. The molecule has 0 aromatic rings. The summed E-state index contributed by atoms with van der Waals surface area (Å²) >= 11 is 10.1. The van der Waals surface area contributed by atoms with Crippen LogP contribution in [-0.4, -0.2) is 11.8 Å². The lowest BCUT2D eigenvalue weighted by molar-refractivity contribution is 1.52. The minimum atomic E-state index is 0.557. The second-order valence-electron chi connectivity index (χ2n) is 0.378. The van der Waals surface area contributed by atoms with Crippen LogP contribution in [0.1, 0.15) is 0 Å². The summed E-state index contributed by atoms with van der Waals surface area (Å²) in [6, 6.07) is 0. The van der Waals surface area contributed by atoms with E-state index in [4.69, 9.17) is 23.2 Å². The molecule has 0 unspecified atom stereocenters. The molecule has 0 aromatic carbocycles. The van der Waals surface area contributed by atoms with Gasteiger partial charge in [-0.05, 0) is 0 Å². The van der Waals surface area contributed by atoms with Crippen molar-refractivity contribution in [3.63, 3.8) is 0 Å². The summed E-state index contributed by atoms with van der Waals surface area (Å²) in [5.74, 6) is 1.11. The zero-order chi connectivity index (χ0) is 9.41. The van der Waals surface area contributed by atoms with E-state index in [1.165, 1.54) is 0 Å². The van der Waals surface area contributed by atoms with E-state index in [0.29, 0.717) is 11.8 Å². The predicted octanol–water partition coefficient (Wildman–Crippen LogP) is 3.87. The topological polar surface area (TPSA) is 0 Å². The van der Waals surface area contributed by atoms with Crippen LogP contribution in [0.15, 0.2) is 39.5 Å². The summed E-state index contributed by atoms with van der Waals surface area (Å²) in [5, 5.41) is 0. The maximum Gasteiger partial charge on any atom is 0.0359 e. The Kier molecular flexibility index (Phi) is 373. The highest BCUT2D eigenvalue weighted by Gasteiger charge is 1.61. The zero-order valence-electron chi connectivity index (χ0n) is 6.41. The van der Waals surface area contributed by atoms with Gasteiger partial charge in [0.25, 0.3) is 0 Å². The van der Waals surface area contributed by atoms with E-state index < -0.39 is 0 Å². The molecule has 2 heteroatoms. The SMILES string of the molecule is C=C.C=C.C=C.ClCCCl. The second kappa shape index (κ2) is 165. The lowest BCUT2D eigenvalue weighted by Crippen LogP contribution is -1.63. The number of halogens is 2. The van der Waals surface area contributed by atoms with Crippen molar-refractivity contribution in [3.05, 3.63) is 39.5 Å². The third-order valence-corrected chi connectivity index (χ3v) is 0.643. The molecule has 0 radical (unpaired) electrons. The third kappa shape index (κ3) is 564. The van der Waals surface area contributed by atoms with Crippen molar-refractivity contribution in [2.45, 2.75) is 0 Å². The Bertz CT molecular complexity index is 23.7. The summed E-state index contributed by atoms with van der Waals surface area (Å²) in [6.07, 6.45) is 0. The molecule has 0 saturated heterocycles. The summed E-state index contributed by atoms with van der Waals surface area (Å²) in [6.45, 7) is 18.0. The first-order valence-corrected chi connectivity index (χ1v) is 3.60. The van der Waals surface area contributed by atoms with E-state index >= 15 is 0 Å². The highest BCUT2D eigenvalue weighted by Crippen LogP contribution is 1.75. The summed E-state index contributed by atoms with van der Waals surface area (Å²) in [4.78, 5) is 0. The Balaban J connectivity index is -0.0000000262. The highest BCUT2D eigenvalue weighted by atomic mass is 35.5. The Morgan fingerprint density at radius 1 is 0.600 bits per heavy atom. The molecule has 0 heterocycles. The average molecular weight is 183 g/mol. The van der Waals surface area contributed by atoms with Gasteiger partial charge in [-0.25, -0.2) is 0 Å². The Labute approximate surface area is 74.8 Å². The van der Waals surface area contributed by atoms with E-state index in [0.717, 1.165) is 0 Å². The number of rotatable bonds is 1. The summed E-state index contributed by atoms with van der Waals surface area (Å²) in [5.41, 5.74) is 0. The van der Waals surface area contributed by atoms with E-state index in [-0.39, 0.29) is 0 Å². The fraction of sp³-hybridized carbons (Fsp3) is 0.250. The minimum Gasteiger partial charge on any atom is -0.125 e. The van der Waals surface area contributed by atoms with Crippen molar-refractivity contribution in [1.29, 1.82) is 0 Å². The molecule has 0 bridgehead atoms. The number of alkyl halides is 2. The van der Waals surface area contributed by atoms with E-state index in [1.54, 1.807) is 0 Å². The van der Waals surface area contributed by atoms with Crippen molar-refractivity contribution in [2.24, 2.45) is 0 Å². The van der Waals surface area contributed by atoms with E-state index in [9.17, 15) is 0 Å². The van der Waals surface area contributed by atoms with E-state index in [2.05, 4.69) is 39.5 Å². The standard InChI is InChI=1S/C2H4Cl2.3C2H4/c3-1-2-4;3*1-2/h1-2H2;3*1-2H2. The van der Waals surface area contributed by atoms with Gasteiger partial charge in [0.05, 0.1) is 0 Å². The molecule has 0 aliphatic carbocycles. The van der Waals surface area contributed by atoms with Crippen LogP contribution in [0.3, 0.4) is 0 Å². The van der Waals surface area contributed by atoms with Crippen molar-refractivity contribution < 1.29 is 0 Å². The molecule has 0 amide bonds. The molecular formula is C8H16Cl2. The van der Waals surface area contributed by atoms with Crippen LogP contribution in [-0.2, 0) is 0 Å². The van der Waals surface area contributed by atoms with Gasteiger partial charge in [-0.1, -0.05) is 0 Å². The van der Waals surface area contributed by atoms with Gasteiger partial charge in [-0.2, -0.15) is 0 Å². The molecule has 0 atom stereocenters. The van der Waals surface area contributed by atoms with Gasteiger partial charge in [-0.3, -0.25) is 0 Å². The monoisotopic (exact) mass is 182 g/mol. The zero-order valence-corrected chi connectivity index (χ0v) is 7.92. The van der Waals surface area contributed by atoms with Crippen LogP contribution < -0.4 is 0 Å². The first-order chi connectivity index (χ1) is 4.91. The number of hydrogen-bond acceptors (Lipinski definition) is 0. The van der Waals surface area contributed by atoms with E-state index in [1.807, 2.05) is 0 Å². The summed E-state index contributed by atoms with van der Waals surface area (Å²) < 4.78 is 0. The van der Waals surface area contributed by atoms with Crippen molar-refractivity contribution in [3.8, 4) is 0 Å². The highest BCUT2D eigenvalue weighted by molar-refractivity contribution is 6.25. The minimum absolute atomic E-state index is 0.557. The molecule has 0 spiro atoms. The van der Waals surface area contributed by atoms with Gasteiger partial charge in [0.2, 0.25) is 0 Å². The molecule has 0 aromatic heterocycles. The fourth-order valence-corrected chi connectivity index (χ4v) is 0. The van der Waals surface area contributed by atoms with Gasteiger partial charge in [0.1, 0.15) is 0 Å². The predicted molar refractivity (Wildman–Crippen MR) is 55.2 cm³/mol.